The summed E-state index contributed by atoms with van der Waals surface area (Å²) in [5.41, 5.74) is 0.721. The molecule has 0 N–H and O–H groups in total. The first kappa shape index (κ1) is 9.76. The lowest BCUT2D eigenvalue weighted by molar-refractivity contribution is -0.145. The Kier molecular flexibility index (Phi) is 2.40. The lowest BCUT2D eigenvalue weighted by Crippen LogP contribution is -2.09. The van der Waals surface area contributed by atoms with Crippen molar-refractivity contribution >= 4 is 0 Å². The Morgan fingerprint density at radius 3 is 2.62 bits per heavy atom. The summed E-state index contributed by atoms with van der Waals surface area (Å²) in [5.74, 6) is -1.12. The van der Waals surface area contributed by atoms with Crippen LogP contribution in [0.4, 0.5) is 13.2 Å². The van der Waals surface area contributed by atoms with Gasteiger partial charge in [0.25, 0.3) is 5.82 Å². The second-order valence-corrected chi connectivity index (χ2v) is 2.72. The van der Waals surface area contributed by atoms with Gasteiger partial charge in [0, 0.05) is 0 Å². The number of alkyl halides is 3. The molecule has 0 fully saturated rings. The van der Waals surface area contributed by atoms with Gasteiger partial charge >= 0.3 is 6.18 Å². The van der Waals surface area contributed by atoms with Gasteiger partial charge in [-0.2, -0.15) is 13.2 Å². The Hall–Kier alpha value is -1.33. The molecular formula is C7H8F3N3. The van der Waals surface area contributed by atoms with Crippen molar-refractivity contribution in [2.75, 3.05) is 0 Å². The Morgan fingerprint density at radius 2 is 2.23 bits per heavy atom. The van der Waals surface area contributed by atoms with E-state index in [0.29, 0.717) is 0 Å². The van der Waals surface area contributed by atoms with Crippen LogP contribution in [0.3, 0.4) is 0 Å². The molecule has 0 spiro atoms. The number of nitrogens with zero attached hydrogens (tertiary/aromatic N) is 3. The normalized spacial score (nSPS) is 11.7. The number of hydrogen-bond acceptors (Lipinski definition) is 2. The van der Waals surface area contributed by atoms with Crippen LogP contribution in [0.15, 0.2) is 18.5 Å². The summed E-state index contributed by atoms with van der Waals surface area (Å²) in [5, 5.41) is 3.24. The van der Waals surface area contributed by atoms with Crippen LogP contribution in [0.2, 0.25) is 0 Å². The maximum atomic E-state index is 12.0. The molecule has 1 aromatic rings. The zero-order chi connectivity index (χ0) is 10.1. The lowest BCUT2D eigenvalue weighted by Gasteiger charge is -1.99. The highest BCUT2D eigenvalue weighted by molar-refractivity contribution is 4.92. The highest BCUT2D eigenvalue weighted by Crippen LogP contribution is 2.25. The van der Waals surface area contributed by atoms with Crippen molar-refractivity contribution in [2.45, 2.75) is 19.6 Å². The fourth-order valence-electron chi connectivity index (χ4n) is 0.777. The van der Waals surface area contributed by atoms with Gasteiger partial charge in [0.2, 0.25) is 0 Å². The molecule has 0 bridgehead atoms. The minimum Gasteiger partial charge on any atom is -0.248 e. The van der Waals surface area contributed by atoms with Crippen LogP contribution >= 0.6 is 0 Å². The quantitative estimate of drug-likeness (QED) is 0.668. The molecule has 0 amide bonds. The van der Waals surface area contributed by atoms with Crippen LogP contribution in [-0.4, -0.2) is 14.8 Å². The molecule has 6 heteroatoms. The molecule has 1 heterocycles. The zero-order valence-corrected chi connectivity index (χ0v) is 6.97. The van der Waals surface area contributed by atoms with Gasteiger partial charge in [0.15, 0.2) is 0 Å². The van der Waals surface area contributed by atoms with E-state index in [-0.39, 0.29) is 6.54 Å². The molecule has 1 rings (SSSR count). The van der Waals surface area contributed by atoms with Crippen molar-refractivity contribution in [1.82, 2.24) is 14.8 Å². The molecule has 0 radical (unpaired) electrons. The Bertz CT molecular complexity index is 313. The second-order valence-electron chi connectivity index (χ2n) is 2.72. The first-order valence-corrected chi connectivity index (χ1v) is 3.50. The smallest absolute Gasteiger partial charge is 0.248 e. The van der Waals surface area contributed by atoms with E-state index in [9.17, 15) is 13.2 Å². The van der Waals surface area contributed by atoms with Crippen LogP contribution in [0.25, 0.3) is 0 Å². The van der Waals surface area contributed by atoms with Crippen molar-refractivity contribution in [2.24, 2.45) is 0 Å². The molecule has 0 aromatic carbocycles. The summed E-state index contributed by atoms with van der Waals surface area (Å²) in [6.45, 7) is 5.51. The number of aromatic nitrogens is 3. The first-order valence-electron chi connectivity index (χ1n) is 3.50. The Morgan fingerprint density at radius 1 is 1.62 bits per heavy atom. The average molecular weight is 191 g/mol. The number of hydrogen-bond donors (Lipinski definition) is 0. The number of rotatable bonds is 2. The number of halogens is 3. The van der Waals surface area contributed by atoms with Gasteiger partial charge in [-0.1, -0.05) is 12.2 Å². The SMILES string of the molecule is C=C(C)Cn1cnc(C(F)(F)F)n1. The van der Waals surface area contributed by atoms with Crippen LogP contribution in [0.5, 0.6) is 0 Å². The maximum Gasteiger partial charge on any atom is 0.453 e. The van der Waals surface area contributed by atoms with Gasteiger partial charge in [-0.3, -0.25) is 0 Å². The lowest BCUT2D eigenvalue weighted by atomic mass is 10.4. The monoisotopic (exact) mass is 191 g/mol. The van der Waals surface area contributed by atoms with E-state index >= 15 is 0 Å². The third-order valence-electron chi connectivity index (χ3n) is 1.22. The molecule has 3 nitrogen and oxygen atoms in total. The summed E-state index contributed by atoms with van der Waals surface area (Å²) in [7, 11) is 0. The fraction of sp³-hybridized carbons (Fsp3) is 0.429. The van der Waals surface area contributed by atoms with E-state index in [1.807, 2.05) is 0 Å². The molecule has 0 unspecified atom stereocenters. The fourth-order valence-corrected chi connectivity index (χ4v) is 0.777. The Labute approximate surface area is 72.9 Å². The minimum absolute atomic E-state index is 0.253. The predicted octanol–water partition coefficient (Wildman–Crippen LogP) is 1.87. The largest absolute Gasteiger partial charge is 0.453 e. The third kappa shape index (κ3) is 2.57. The van der Waals surface area contributed by atoms with Crippen molar-refractivity contribution in [3.8, 4) is 0 Å². The van der Waals surface area contributed by atoms with E-state index in [1.54, 1.807) is 6.92 Å². The van der Waals surface area contributed by atoms with Crippen LogP contribution in [0.1, 0.15) is 12.7 Å². The first-order chi connectivity index (χ1) is 5.89. The van der Waals surface area contributed by atoms with Gasteiger partial charge in [-0.25, -0.2) is 9.67 Å². The predicted molar refractivity (Wildman–Crippen MR) is 39.8 cm³/mol. The van der Waals surface area contributed by atoms with Gasteiger partial charge in [-0.05, 0) is 6.92 Å². The molecule has 0 saturated carbocycles. The van der Waals surface area contributed by atoms with Gasteiger partial charge in [-0.15, -0.1) is 5.10 Å². The number of allylic oxidation sites excluding steroid dienone is 1. The molecule has 0 aliphatic rings. The topological polar surface area (TPSA) is 30.7 Å². The molecular weight excluding hydrogens is 183 g/mol. The van der Waals surface area contributed by atoms with E-state index in [4.69, 9.17) is 0 Å². The molecule has 72 valence electrons. The summed E-state index contributed by atoms with van der Waals surface area (Å²) in [4.78, 5) is 3.13. The van der Waals surface area contributed by atoms with Crippen LogP contribution in [-0.2, 0) is 12.7 Å². The molecule has 0 atom stereocenters. The third-order valence-corrected chi connectivity index (χ3v) is 1.22. The van der Waals surface area contributed by atoms with E-state index < -0.39 is 12.0 Å². The van der Waals surface area contributed by atoms with Crippen LogP contribution < -0.4 is 0 Å². The summed E-state index contributed by atoms with van der Waals surface area (Å²) >= 11 is 0. The van der Waals surface area contributed by atoms with Crippen molar-refractivity contribution in [3.63, 3.8) is 0 Å². The highest BCUT2D eigenvalue weighted by atomic mass is 19.4. The molecule has 13 heavy (non-hydrogen) atoms. The second kappa shape index (κ2) is 3.20. The van der Waals surface area contributed by atoms with Crippen molar-refractivity contribution in [1.29, 1.82) is 0 Å². The average Bonchev–Trinajstić information content (AvgIpc) is 2.32. The summed E-state index contributed by atoms with van der Waals surface area (Å²) < 4.78 is 37.0. The van der Waals surface area contributed by atoms with E-state index in [0.717, 1.165) is 16.6 Å². The van der Waals surface area contributed by atoms with Crippen molar-refractivity contribution < 1.29 is 13.2 Å². The standard InChI is InChI=1S/C7H8F3N3/c1-5(2)3-13-4-11-6(12-13)7(8,9)10/h4H,1,3H2,2H3. The summed E-state index contributed by atoms with van der Waals surface area (Å²) in [6, 6.07) is 0. The molecule has 0 aliphatic carbocycles. The molecule has 0 aliphatic heterocycles. The van der Waals surface area contributed by atoms with Crippen molar-refractivity contribution in [3.05, 3.63) is 24.3 Å². The molecule has 1 aromatic heterocycles. The van der Waals surface area contributed by atoms with Crippen LogP contribution in [0, 0.1) is 0 Å². The maximum absolute atomic E-state index is 12.0. The summed E-state index contributed by atoms with van der Waals surface area (Å²) in [6.07, 6.45) is -3.43. The Balaban J connectivity index is 2.81. The van der Waals surface area contributed by atoms with Gasteiger partial charge < -0.3 is 0 Å². The van der Waals surface area contributed by atoms with E-state index in [1.165, 1.54) is 0 Å². The van der Waals surface area contributed by atoms with Gasteiger partial charge in [0.05, 0.1) is 6.54 Å². The highest BCUT2D eigenvalue weighted by Gasteiger charge is 2.35. The minimum atomic E-state index is -4.47. The van der Waals surface area contributed by atoms with Gasteiger partial charge in [0.1, 0.15) is 6.33 Å². The zero-order valence-electron chi connectivity index (χ0n) is 6.97. The molecule has 0 saturated heterocycles. The van der Waals surface area contributed by atoms with E-state index in [2.05, 4.69) is 16.7 Å².